The van der Waals surface area contributed by atoms with Gasteiger partial charge in [0.2, 0.25) is 0 Å². The third-order valence-electron chi connectivity index (χ3n) is 3.94. The first-order valence-corrected chi connectivity index (χ1v) is 7.19. The van der Waals surface area contributed by atoms with E-state index in [-0.39, 0.29) is 5.41 Å². The predicted octanol–water partition coefficient (Wildman–Crippen LogP) is 3.39. The number of benzene rings is 1. The highest BCUT2D eigenvalue weighted by Crippen LogP contribution is 2.38. The molecule has 2 rings (SSSR count). The van der Waals surface area contributed by atoms with E-state index < -0.39 is 0 Å². The fraction of sp³-hybridized carbons (Fsp3) is 0.600. The summed E-state index contributed by atoms with van der Waals surface area (Å²) in [7, 11) is 0. The molecule has 1 fully saturated rings. The van der Waals surface area contributed by atoms with Crippen molar-refractivity contribution in [1.82, 2.24) is 5.32 Å². The lowest BCUT2D eigenvalue weighted by molar-refractivity contribution is 0.0469. The maximum absolute atomic E-state index is 5.99. The summed E-state index contributed by atoms with van der Waals surface area (Å²) in [5.74, 6) is 0. The van der Waals surface area contributed by atoms with E-state index in [1.807, 2.05) is 12.1 Å². The maximum atomic E-state index is 5.99. The highest BCUT2D eigenvalue weighted by atomic mass is 35.5. The van der Waals surface area contributed by atoms with Gasteiger partial charge in [0.25, 0.3) is 0 Å². The summed E-state index contributed by atoms with van der Waals surface area (Å²) in [6.45, 7) is 5.99. The second-order valence-corrected chi connectivity index (χ2v) is 5.44. The van der Waals surface area contributed by atoms with Crippen LogP contribution in [-0.4, -0.2) is 26.3 Å². The Balaban J connectivity index is 2.15. The zero-order valence-electron chi connectivity index (χ0n) is 11.0. The van der Waals surface area contributed by atoms with Crippen LogP contribution in [0.2, 0.25) is 5.02 Å². The van der Waals surface area contributed by atoms with E-state index in [0.717, 1.165) is 44.2 Å². The van der Waals surface area contributed by atoms with Crippen molar-refractivity contribution < 1.29 is 4.74 Å². The number of hydrogen-bond donors (Lipinski definition) is 1. The van der Waals surface area contributed by atoms with E-state index in [4.69, 9.17) is 16.3 Å². The SMILES string of the molecule is CCNCCC1(c2ccc(Cl)cc2)CCOCC1. The Hall–Kier alpha value is -0.570. The Labute approximate surface area is 115 Å². The molecule has 1 heterocycles. The minimum atomic E-state index is 0.269. The average Bonchev–Trinajstić information content (AvgIpc) is 2.41. The minimum Gasteiger partial charge on any atom is -0.381 e. The largest absolute Gasteiger partial charge is 0.381 e. The Morgan fingerprint density at radius 1 is 1.22 bits per heavy atom. The normalized spacial score (nSPS) is 18.8. The number of halogens is 1. The Morgan fingerprint density at radius 2 is 1.89 bits per heavy atom. The summed E-state index contributed by atoms with van der Waals surface area (Å²) in [5.41, 5.74) is 1.68. The van der Waals surface area contributed by atoms with E-state index in [9.17, 15) is 0 Å². The van der Waals surface area contributed by atoms with Crippen LogP contribution in [0.25, 0.3) is 0 Å². The zero-order valence-corrected chi connectivity index (χ0v) is 11.8. The molecule has 0 amide bonds. The lowest BCUT2D eigenvalue weighted by Gasteiger charge is -2.38. The molecule has 1 aliphatic rings. The fourth-order valence-electron chi connectivity index (χ4n) is 2.75. The van der Waals surface area contributed by atoms with Crippen molar-refractivity contribution in [1.29, 1.82) is 0 Å². The molecule has 1 aliphatic heterocycles. The van der Waals surface area contributed by atoms with Crippen molar-refractivity contribution in [3.8, 4) is 0 Å². The van der Waals surface area contributed by atoms with Crippen molar-refractivity contribution in [2.75, 3.05) is 26.3 Å². The van der Waals surface area contributed by atoms with Gasteiger partial charge < -0.3 is 10.1 Å². The summed E-state index contributed by atoms with van der Waals surface area (Å²) < 4.78 is 5.53. The summed E-state index contributed by atoms with van der Waals surface area (Å²) in [4.78, 5) is 0. The van der Waals surface area contributed by atoms with Crippen LogP contribution in [0.3, 0.4) is 0 Å². The predicted molar refractivity (Wildman–Crippen MR) is 76.3 cm³/mol. The first-order chi connectivity index (χ1) is 8.77. The van der Waals surface area contributed by atoms with Crippen LogP contribution in [0.1, 0.15) is 31.7 Å². The van der Waals surface area contributed by atoms with E-state index in [1.54, 1.807) is 0 Å². The molecular formula is C15H22ClNO. The van der Waals surface area contributed by atoms with Gasteiger partial charge in [0.1, 0.15) is 0 Å². The molecule has 1 aromatic carbocycles. The molecule has 100 valence electrons. The van der Waals surface area contributed by atoms with Crippen molar-refractivity contribution in [3.63, 3.8) is 0 Å². The maximum Gasteiger partial charge on any atom is 0.0474 e. The molecule has 0 aromatic heterocycles. The van der Waals surface area contributed by atoms with Crippen molar-refractivity contribution in [3.05, 3.63) is 34.9 Å². The highest BCUT2D eigenvalue weighted by Gasteiger charge is 2.33. The molecule has 1 N–H and O–H groups in total. The second-order valence-electron chi connectivity index (χ2n) is 5.00. The van der Waals surface area contributed by atoms with Crippen LogP contribution in [0.15, 0.2) is 24.3 Å². The third-order valence-corrected chi connectivity index (χ3v) is 4.19. The average molecular weight is 268 g/mol. The van der Waals surface area contributed by atoms with Gasteiger partial charge in [0, 0.05) is 23.7 Å². The van der Waals surface area contributed by atoms with Crippen molar-refractivity contribution in [2.45, 2.75) is 31.6 Å². The molecule has 3 heteroatoms. The monoisotopic (exact) mass is 267 g/mol. The van der Waals surface area contributed by atoms with Crippen LogP contribution in [0.5, 0.6) is 0 Å². The molecule has 0 aliphatic carbocycles. The molecule has 0 spiro atoms. The lowest BCUT2D eigenvalue weighted by Crippen LogP contribution is -2.36. The molecule has 0 atom stereocenters. The Bertz CT molecular complexity index is 357. The van der Waals surface area contributed by atoms with Crippen LogP contribution < -0.4 is 5.32 Å². The molecule has 0 unspecified atom stereocenters. The summed E-state index contributed by atoms with van der Waals surface area (Å²) in [6, 6.07) is 8.36. The van der Waals surface area contributed by atoms with Gasteiger partial charge in [-0.2, -0.15) is 0 Å². The number of hydrogen-bond acceptors (Lipinski definition) is 2. The first kappa shape index (κ1) is 13.9. The summed E-state index contributed by atoms with van der Waals surface area (Å²) in [5, 5.41) is 4.25. The van der Waals surface area contributed by atoms with Crippen LogP contribution in [0, 0.1) is 0 Å². The highest BCUT2D eigenvalue weighted by molar-refractivity contribution is 6.30. The van der Waals surface area contributed by atoms with Crippen molar-refractivity contribution in [2.24, 2.45) is 0 Å². The number of rotatable bonds is 5. The number of nitrogens with one attached hydrogen (secondary N) is 1. The molecule has 1 aromatic rings. The smallest absolute Gasteiger partial charge is 0.0474 e. The molecule has 0 radical (unpaired) electrons. The van der Waals surface area contributed by atoms with Gasteiger partial charge in [-0.05, 0) is 50.0 Å². The van der Waals surface area contributed by atoms with Crippen LogP contribution in [-0.2, 0) is 10.2 Å². The summed E-state index contributed by atoms with van der Waals surface area (Å²) in [6.07, 6.45) is 3.39. The molecule has 18 heavy (non-hydrogen) atoms. The topological polar surface area (TPSA) is 21.3 Å². The number of ether oxygens (including phenoxy) is 1. The van der Waals surface area contributed by atoms with Gasteiger partial charge >= 0.3 is 0 Å². The lowest BCUT2D eigenvalue weighted by atomic mass is 9.72. The molecular weight excluding hydrogens is 246 g/mol. The van der Waals surface area contributed by atoms with Gasteiger partial charge in [0.05, 0.1) is 0 Å². The fourth-order valence-corrected chi connectivity index (χ4v) is 2.88. The quantitative estimate of drug-likeness (QED) is 0.826. The van der Waals surface area contributed by atoms with Gasteiger partial charge in [-0.1, -0.05) is 30.7 Å². The molecule has 2 nitrogen and oxygen atoms in total. The van der Waals surface area contributed by atoms with E-state index >= 15 is 0 Å². The van der Waals surface area contributed by atoms with Crippen LogP contribution >= 0.6 is 11.6 Å². The van der Waals surface area contributed by atoms with E-state index in [1.165, 1.54) is 12.0 Å². The second kappa shape index (κ2) is 6.55. The minimum absolute atomic E-state index is 0.269. The molecule has 0 bridgehead atoms. The first-order valence-electron chi connectivity index (χ1n) is 6.81. The van der Waals surface area contributed by atoms with Crippen molar-refractivity contribution >= 4 is 11.6 Å². The molecule has 1 saturated heterocycles. The standard InChI is InChI=1S/C15H22ClNO/c1-2-17-10-7-15(8-11-18-12-9-15)13-3-5-14(16)6-4-13/h3-6,17H,2,7-12H2,1H3. The Kier molecular flexibility index (Phi) is 5.04. The van der Waals surface area contributed by atoms with Gasteiger partial charge in [-0.3, -0.25) is 0 Å². The summed E-state index contributed by atoms with van der Waals surface area (Å²) >= 11 is 5.99. The zero-order chi connectivity index (χ0) is 12.8. The van der Waals surface area contributed by atoms with E-state index in [0.29, 0.717) is 0 Å². The van der Waals surface area contributed by atoms with Gasteiger partial charge in [0.15, 0.2) is 0 Å². The van der Waals surface area contributed by atoms with Crippen LogP contribution in [0.4, 0.5) is 0 Å². The van der Waals surface area contributed by atoms with Gasteiger partial charge in [-0.25, -0.2) is 0 Å². The molecule has 0 saturated carbocycles. The van der Waals surface area contributed by atoms with E-state index in [2.05, 4.69) is 24.4 Å². The third kappa shape index (κ3) is 3.25. The van der Waals surface area contributed by atoms with Gasteiger partial charge in [-0.15, -0.1) is 0 Å². The Morgan fingerprint density at radius 3 is 2.50 bits per heavy atom.